The van der Waals surface area contributed by atoms with Gasteiger partial charge in [-0.3, -0.25) is 4.79 Å². The summed E-state index contributed by atoms with van der Waals surface area (Å²) >= 11 is 0. The summed E-state index contributed by atoms with van der Waals surface area (Å²) < 4.78 is 1.77. The topological polar surface area (TPSA) is 67.2 Å². The van der Waals surface area contributed by atoms with E-state index in [1.807, 2.05) is 0 Å². The smallest absolute Gasteiger partial charge is 0.293 e. The number of aliphatic hydroxyl groups is 1. The number of nitrogens with one attached hydrogen (secondary N) is 1. The molecule has 5 heteroatoms. The van der Waals surface area contributed by atoms with E-state index in [1.165, 1.54) is 0 Å². The van der Waals surface area contributed by atoms with Crippen LogP contribution in [0.2, 0.25) is 0 Å². The third-order valence-electron chi connectivity index (χ3n) is 3.55. The van der Waals surface area contributed by atoms with Crippen LogP contribution in [0.5, 0.6) is 0 Å². The highest BCUT2D eigenvalue weighted by atomic mass is 16.2. The van der Waals surface area contributed by atoms with Crippen molar-refractivity contribution >= 4 is 5.82 Å². The fourth-order valence-corrected chi connectivity index (χ4v) is 2.16. The molecule has 1 heterocycles. The number of aliphatic hydroxyl groups excluding tert-OH is 1. The van der Waals surface area contributed by atoms with Crippen LogP contribution in [0.1, 0.15) is 45.6 Å². The minimum atomic E-state index is -0.0250. The number of aromatic nitrogens is 2. The molecule has 0 aromatic carbocycles. The van der Waals surface area contributed by atoms with Gasteiger partial charge in [0.05, 0.1) is 0 Å². The lowest BCUT2D eigenvalue weighted by atomic mass is 9.88. The minimum absolute atomic E-state index is 0.0250. The van der Waals surface area contributed by atoms with Crippen molar-refractivity contribution in [1.29, 1.82) is 0 Å². The monoisotopic (exact) mass is 265 g/mol. The van der Waals surface area contributed by atoms with E-state index in [0.717, 1.165) is 25.7 Å². The second kappa shape index (κ2) is 5.74. The zero-order valence-electron chi connectivity index (χ0n) is 11.7. The van der Waals surface area contributed by atoms with Gasteiger partial charge >= 0.3 is 0 Å². The number of hydrogen-bond acceptors (Lipinski definition) is 4. The molecule has 0 unspecified atom stereocenters. The molecule has 0 saturated heterocycles. The average Bonchev–Trinajstić information content (AvgIpc) is 3.20. The predicted octanol–water partition coefficient (Wildman–Crippen LogP) is 1.79. The van der Waals surface area contributed by atoms with Crippen molar-refractivity contribution in [3.63, 3.8) is 0 Å². The highest BCUT2D eigenvalue weighted by molar-refractivity contribution is 5.31. The molecule has 1 saturated carbocycles. The van der Waals surface area contributed by atoms with E-state index in [2.05, 4.69) is 24.1 Å². The van der Waals surface area contributed by atoms with Crippen LogP contribution in [-0.2, 0) is 0 Å². The van der Waals surface area contributed by atoms with Gasteiger partial charge in [0.2, 0.25) is 0 Å². The Balaban J connectivity index is 1.99. The largest absolute Gasteiger partial charge is 0.396 e. The average molecular weight is 265 g/mol. The fraction of sp³-hybridized carbons (Fsp3) is 0.714. The second-order valence-corrected chi connectivity index (χ2v) is 6.06. The van der Waals surface area contributed by atoms with Crippen molar-refractivity contribution in [2.24, 2.45) is 5.41 Å². The molecule has 1 aliphatic carbocycles. The third kappa shape index (κ3) is 3.80. The maximum atomic E-state index is 12.2. The Morgan fingerprint density at radius 3 is 2.89 bits per heavy atom. The van der Waals surface area contributed by atoms with Gasteiger partial charge in [-0.1, -0.05) is 13.8 Å². The first-order valence-electron chi connectivity index (χ1n) is 6.95. The van der Waals surface area contributed by atoms with Crippen molar-refractivity contribution in [1.82, 2.24) is 9.55 Å². The number of hydrogen-bond donors (Lipinski definition) is 2. The Hall–Kier alpha value is -1.36. The fourth-order valence-electron chi connectivity index (χ4n) is 2.16. The maximum Gasteiger partial charge on any atom is 0.293 e. The Kier molecular flexibility index (Phi) is 4.24. The zero-order valence-corrected chi connectivity index (χ0v) is 11.7. The van der Waals surface area contributed by atoms with Crippen LogP contribution < -0.4 is 10.9 Å². The molecule has 0 spiro atoms. The van der Waals surface area contributed by atoms with Gasteiger partial charge in [0.25, 0.3) is 5.56 Å². The van der Waals surface area contributed by atoms with Gasteiger partial charge in [0, 0.05) is 31.6 Å². The molecule has 2 rings (SSSR count). The molecule has 0 bridgehead atoms. The first kappa shape index (κ1) is 14.1. The highest BCUT2D eigenvalue weighted by Gasteiger charge is 2.25. The summed E-state index contributed by atoms with van der Waals surface area (Å²) in [7, 11) is 0. The molecule has 1 fully saturated rings. The maximum absolute atomic E-state index is 12.2. The van der Waals surface area contributed by atoms with Gasteiger partial charge in [-0.15, -0.1) is 0 Å². The van der Waals surface area contributed by atoms with Gasteiger partial charge in [0.15, 0.2) is 5.82 Å². The van der Waals surface area contributed by atoms with E-state index in [0.29, 0.717) is 18.4 Å². The molecule has 1 aromatic heterocycles. The number of nitrogens with zero attached hydrogens (tertiary/aromatic N) is 2. The van der Waals surface area contributed by atoms with E-state index in [4.69, 9.17) is 5.11 Å². The number of rotatable bonds is 7. The van der Waals surface area contributed by atoms with Crippen molar-refractivity contribution in [3.05, 3.63) is 22.7 Å². The standard InChI is InChI=1S/C14H23N3O2/c1-14(2,6-3-9-18)10-16-12-13(19)17(8-7-15-12)11-4-5-11/h7-8,11,18H,3-6,9-10H2,1-2H3,(H,15,16). The van der Waals surface area contributed by atoms with Crippen molar-refractivity contribution in [3.8, 4) is 0 Å². The van der Waals surface area contributed by atoms with Crippen LogP contribution in [0.4, 0.5) is 5.82 Å². The molecule has 0 radical (unpaired) electrons. The van der Waals surface area contributed by atoms with Gasteiger partial charge in [-0.05, 0) is 31.1 Å². The van der Waals surface area contributed by atoms with Gasteiger partial charge in [-0.2, -0.15) is 0 Å². The zero-order chi connectivity index (χ0) is 13.9. The normalized spacial score (nSPS) is 15.5. The summed E-state index contributed by atoms with van der Waals surface area (Å²) in [5.74, 6) is 0.437. The Labute approximate surface area is 113 Å². The number of anilines is 1. The van der Waals surface area contributed by atoms with Crippen molar-refractivity contribution < 1.29 is 5.11 Å². The Morgan fingerprint density at radius 1 is 1.53 bits per heavy atom. The molecular formula is C14H23N3O2. The van der Waals surface area contributed by atoms with E-state index in [1.54, 1.807) is 17.0 Å². The summed E-state index contributed by atoms with van der Waals surface area (Å²) in [6.07, 6.45) is 7.32. The Bertz CT molecular complexity index is 478. The summed E-state index contributed by atoms with van der Waals surface area (Å²) in [5, 5.41) is 12.0. The van der Waals surface area contributed by atoms with Crippen LogP contribution in [-0.4, -0.2) is 27.8 Å². The summed E-state index contributed by atoms with van der Waals surface area (Å²) in [4.78, 5) is 16.3. The van der Waals surface area contributed by atoms with E-state index in [-0.39, 0.29) is 17.6 Å². The van der Waals surface area contributed by atoms with Gasteiger partial charge in [0.1, 0.15) is 0 Å². The molecule has 1 aromatic rings. The van der Waals surface area contributed by atoms with E-state index in [9.17, 15) is 4.79 Å². The van der Waals surface area contributed by atoms with Crippen molar-refractivity contribution in [2.75, 3.05) is 18.5 Å². The first-order chi connectivity index (χ1) is 9.03. The molecule has 0 amide bonds. The summed E-state index contributed by atoms with van der Waals surface area (Å²) in [5.41, 5.74) is 0.0138. The highest BCUT2D eigenvalue weighted by Crippen LogP contribution is 2.33. The molecule has 0 atom stereocenters. The predicted molar refractivity (Wildman–Crippen MR) is 75.4 cm³/mol. The third-order valence-corrected chi connectivity index (χ3v) is 3.55. The lowest BCUT2D eigenvalue weighted by Crippen LogP contribution is -2.29. The summed E-state index contributed by atoms with van der Waals surface area (Å²) in [6.45, 7) is 5.14. The second-order valence-electron chi connectivity index (χ2n) is 6.06. The molecular weight excluding hydrogens is 242 g/mol. The summed E-state index contributed by atoms with van der Waals surface area (Å²) in [6, 6.07) is 0.374. The first-order valence-corrected chi connectivity index (χ1v) is 6.95. The van der Waals surface area contributed by atoms with Crippen LogP contribution in [0.3, 0.4) is 0 Å². The molecule has 1 aliphatic rings. The quantitative estimate of drug-likeness (QED) is 0.788. The van der Waals surface area contributed by atoms with Gasteiger partial charge in [-0.25, -0.2) is 4.98 Å². The molecule has 106 valence electrons. The molecule has 5 nitrogen and oxygen atoms in total. The van der Waals surface area contributed by atoms with Crippen LogP contribution in [0.25, 0.3) is 0 Å². The van der Waals surface area contributed by atoms with E-state index >= 15 is 0 Å². The minimum Gasteiger partial charge on any atom is -0.396 e. The molecule has 19 heavy (non-hydrogen) atoms. The Morgan fingerprint density at radius 2 is 2.26 bits per heavy atom. The van der Waals surface area contributed by atoms with E-state index < -0.39 is 0 Å². The molecule has 0 aliphatic heterocycles. The lowest BCUT2D eigenvalue weighted by molar-refractivity contribution is 0.247. The van der Waals surface area contributed by atoms with Crippen molar-refractivity contribution in [2.45, 2.75) is 45.6 Å². The van der Waals surface area contributed by atoms with Crippen LogP contribution in [0, 0.1) is 5.41 Å². The lowest BCUT2D eigenvalue weighted by Gasteiger charge is -2.24. The molecule has 2 N–H and O–H groups in total. The van der Waals surface area contributed by atoms with Gasteiger partial charge < -0.3 is 15.0 Å². The van der Waals surface area contributed by atoms with Crippen LogP contribution >= 0.6 is 0 Å². The van der Waals surface area contributed by atoms with Crippen LogP contribution in [0.15, 0.2) is 17.2 Å². The SMILES string of the molecule is CC(C)(CCCO)CNc1nccn(C2CC2)c1=O.